The van der Waals surface area contributed by atoms with E-state index in [0.717, 1.165) is 12.2 Å². The second-order valence-electron chi connectivity index (χ2n) is 3.72. The minimum absolute atomic E-state index is 0.271. The van der Waals surface area contributed by atoms with Crippen LogP contribution in [0.2, 0.25) is 0 Å². The molecule has 76 valence electrons. The van der Waals surface area contributed by atoms with Gasteiger partial charge in [-0.05, 0) is 26.0 Å². The molecule has 0 fully saturated rings. The van der Waals surface area contributed by atoms with Crippen LogP contribution in [0, 0.1) is 5.82 Å². The van der Waals surface area contributed by atoms with Gasteiger partial charge in [0.05, 0.1) is 12.2 Å². The summed E-state index contributed by atoms with van der Waals surface area (Å²) in [4.78, 5) is 2.15. The highest BCUT2D eigenvalue weighted by Gasteiger charge is 2.22. The van der Waals surface area contributed by atoms with Gasteiger partial charge in [0.15, 0.2) is 11.6 Å². The highest BCUT2D eigenvalue weighted by atomic mass is 19.1. The number of para-hydroxylation sites is 1. The molecule has 1 aromatic carbocycles. The number of ether oxygens (including phenoxy) is 1. The van der Waals surface area contributed by atoms with Crippen LogP contribution in [0.1, 0.15) is 13.8 Å². The first kappa shape index (κ1) is 9.31. The van der Waals surface area contributed by atoms with Gasteiger partial charge >= 0.3 is 0 Å². The molecule has 1 aliphatic rings. The standard InChI is InChI=1S/C11H14FNO/c1-8(2)13-6-7-14-11-9(12)4-3-5-10(11)13/h3-5,8H,6-7H2,1-2H3. The zero-order valence-electron chi connectivity index (χ0n) is 8.46. The predicted octanol–water partition coefficient (Wildman–Crippen LogP) is 2.43. The molecule has 0 aliphatic carbocycles. The lowest BCUT2D eigenvalue weighted by atomic mass is 10.2. The fourth-order valence-electron chi connectivity index (χ4n) is 1.77. The van der Waals surface area contributed by atoms with Crippen molar-refractivity contribution in [2.75, 3.05) is 18.1 Å². The summed E-state index contributed by atoms with van der Waals surface area (Å²) >= 11 is 0. The molecule has 0 saturated heterocycles. The molecule has 0 aromatic heterocycles. The highest BCUT2D eigenvalue weighted by Crippen LogP contribution is 2.34. The Balaban J connectivity index is 2.44. The van der Waals surface area contributed by atoms with Crippen molar-refractivity contribution in [3.05, 3.63) is 24.0 Å². The molecule has 1 aliphatic heterocycles. The smallest absolute Gasteiger partial charge is 0.178 e. The van der Waals surface area contributed by atoms with Gasteiger partial charge in [0.1, 0.15) is 6.61 Å². The van der Waals surface area contributed by atoms with Gasteiger partial charge in [-0.2, -0.15) is 0 Å². The topological polar surface area (TPSA) is 12.5 Å². The normalized spacial score (nSPS) is 15.3. The zero-order valence-corrected chi connectivity index (χ0v) is 8.46. The van der Waals surface area contributed by atoms with Gasteiger partial charge in [-0.25, -0.2) is 4.39 Å². The first-order valence-electron chi connectivity index (χ1n) is 4.88. The Morgan fingerprint density at radius 1 is 1.43 bits per heavy atom. The molecule has 0 unspecified atom stereocenters. The number of anilines is 1. The summed E-state index contributed by atoms with van der Waals surface area (Å²) in [6.45, 7) is 5.58. The Hall–Kier alpha value is -1.25. The summed E-state index contributed by atoms with van der Waals surface area (Å²) in [5.74, 6) is 0.125. The van der Waals surface area contributed by atoms with Crippen molar-refractivity contribution in [2.45, 2.75) is 19.9 Å². The largest absolute Gasteiger partial charge is 0.486 e. The van der Waals surface area contributed by atoms with Crippen LogP contribution in [-0.2, 0) is 0 Å². The summed E-state index contributed by atoms with van der Waals surface area (Å²) in [5.41, 5.74) is 0.867. The molecule has 0 saturated carbocycles. The number of benzene rings is 1. The van der Waals surface area contributed by atoms with E-state index in [2.05, 4.69) is 18.7 Å². The Morgan fingerprint density at radius 3 is 2.93 bits per heavy atom. The molecule has 0 atom stereocenters. The van der Waals surface area contributed by atoms with E-state index in [9.17, 15) is 4.39 Å². The third kappa shape index (κ3) is 1.43. The minimum atomic E-state index is -0.271. The van der Waals surface area contributed by atoms with Gasteiger partial charge in [0, 0.05) is 6.04 Å². The molecule has 1 heterocycles. The van der Waals surface area contributed by atoms with E-state index in [0.29, 0.717) is 18.4 Å². The van der Waals surface area contributed by atoms with Crippen LogP contribution in [0.3, 0.4) is 0 Å². The Labute approximate surface area is 83.3 Å². The van der Waals surface area contributed by atoms with Gasteiger partial charge in [0.2, 0.25) is 0 Å². The zero-order chi connectivity index (χ0) is 10.1. The lowest BCUT2D eigenvalue weighted by molar-refractivity contribution is 0.287. The molecule has 2 rings (SSSR count). The van der Waals surface area contributed by atoms with Crippen LogP contribution < -0.4 is 9.64 Å². The molecule has 2 nitrogen and oxygen atoms in total. The molecule has 1 aromatic rings. The first-order chi connectivity index (χ1) is 6.70. The van der Waals surface area contributed by atoms with Crippen LogP contribution >= 0.6 is 0 Å². The summed E-state index contributed by atoms with van der Waals surface area (Å²) in [6, 6.07) is 5.43. The van der Waals surface area contributed by atoms with Crippen molar-refractivity contribution < 1.29 is 9.13 Å². The SMILES string of the molecule is CC(C)N1CCOc2c(F)cccc21. The molecular weight excluding hydrogens is 181 g/mol. The van der Waals surface area contributed by atoms with E-state index in [1.54, 1.807) is 6.07 Å². The summed E-state index contributed by atoms with van der Waals surface area (Å²) in [6.07, 6.45) is 0. The van der Waals surface area contributed by atoms with Gasteiger partial charge in [-0.1, -0.05) is 6.07 Å². The fourth-order valence-corrected chi connectivity index (χ4v) is 1.77. The summed E-state index contributed by atoms with van der Waals surface area (Å²) in [7, 11) is 0. The van der Waals surface area contributed by atoms with E-state index in [-0.39, 0.29) is 5.82 Å². The van der Waals surface area contributed by atoms with Crippen LogP contribution in [0.25, 0.3) is 0 Å². The van der Waals surface area contributed by atoms with Gasteiger partial charge in [-0.15, -0.1) is 0 Å². The van der Waals surface area contributed by atoms with Crippen LogP contribution in [0.4, 0.5) is 10.1 Å². The van der Waals surface area contributed by atoms with Gasteiger partial charge in [0.25, 0.3) is 0 Å². The molecule has 14 heavy (non-hydrogen) atoms. The summed E-state index contributed by atoms with van der Waals surface area (Å²) < 4.78 is 18.7. The van der Waals surface area contributed by atoms with E-state index in [4.69, 9.17) is 4.74 Å². The minimum Gasteiger partial charge on any atom is -0.486 e. The molecule has 0 bridgehead atoms. The number of fused-ring (bicyclic) bond motifs is 1. The van der Waals surface area contributed by atoms with Crippen LogP contribution in [0.15, 0.2) is 18.2 Å². The lowest BCUT2D eigenvalue weighted by Crippen LogP contribution is -2.38. The van der Waals surface area contributed by atoms with Gasteiger partial charge < -0.3 is 9.64 Å². The monoisotopic (exact) mass is 195 g/mol. The predicted molar refractivity (Wildman–Crippen MR) is 54.4 cm³/mol. The number of hydrogen-bond donors (Lipinski definition) is 0. The maximum Gasteiger partial charge on any atom is 0.178 e. The average Bonchev–Trinajstić information content (AvgIpc) is 2.17. The number of rotatable bonds is 1. The van der Waals surface area contributed by atoms with E-state index >= 15 is 0 Å². The van der Waals surface area contributed by atoms with E-state index in [1.165, 1.54) is 6.07 Å². The Morgan fingerprint density at radius 2 is 2.21 bits per heavy atom. The number of nitrogens with zero attached hydrogens (tertiary/aromatic N) is 1. The quantitative estimate of drug-likeness (QED) is 0.682. The molecule has 0 amide bonds. The maximum atomic E-state index is 13.4. The van der Waals surface area contributed by atoms with Crippen LogP contribution in [0.5, 0.6) is 5.75 Å². The molecule has 0 spiro atoms. The highest BCUT2D eigenvalue weighted by molar-refractivity contribution is 5.60. The van der Waals surface area contributed by atoms with Crippen molar-refractivity contribution in [1.29, 1.82) is 0 Å². The molecule has 3 heteroatoms. The number of hydrogen-bond acceptors (Lipinski definition) is 2. The lowest BCUT2D eigenvalue weighted by Gasteiger charge is -2.34. The summed E-state index contributed by atoms with van der Waals surface area (Å²) in [5, 5.41) is 0. The van der Waals surface area contributed by atoms with E-state index < -0.39 is 0 Å². The maximum absolute atomic E-state index is 13.4. The Kier molecular flexibility index (Phi) is 2.32. The molecule has 0 radical (unpaired) electrons. The second-order valence-corrected chi connectivity index (χ2v) is 3.72. The van der Waals surface area contributed by atoms with Crippen molar-refractivity contribution in [2.24, 2.45) is 0 Å². The molecular formula is C11H14FNO. The molecule has 0 N–H and O–H groups in total. The van der Waals surface area contributed by atoms with Crippen molar-refractivity contribution >= 4 is 5.69 Å². The van der Waals surface area contributed by atoms with Gasteiger partial charge in [-0.3, -0.25) is 0 Å². The van der Waals surface area contributed by atoms with Crippen molar-refractivity contribution in [1.82, 2.24) is 0 Å². The third-order valence-corrected chi connectivity index (χ3v) is 2.46. The van der Waals surface area contributed by atoms with E-state index in [1.807, 2.05) is 6.07 Å². The number of halogens is 1. The third-order valence-electron chi connectivity index (χ3n) is 2.46. The van der Waals surface area contributed by atoms with Crippen LogP contribution in [-0.4, -0.2) is 19.2 Å². The van der Waals surface area contributed by atoms with Crippen molar-refractivity contribution in [3.8, 4) is 5.75 Å². The first-order valence-corrected chi connectivity index (χ1v) is 4.88. The fraction of sp³-hybridized carbons (Fsp3) is 0.455. The second kappa shape index (κ2) is 3.48. The Bertz CT molecular complexity index is 338. The average molecular weight is 195 g/mol. The van der Waals surface area contributed by atoms with Crippen molar-refractivity contribution in [3.63, 3.8) is 0 Å².